The Labute approximate surface area is 99.3 Å². The zero-order chi connectivity index (χ0) is 12.8. The van der Waals surface area contributed by atoms with E-state index in [1.54, 1.807) is 12.1 Å². The third kappa shape index (κ3) is 2.82. The first kappa shape index (κ1) is 12.7. The third-order valence-electron chi connectivity index (χ3n) is 2.52. The van der Waals surface area contributed by atoms with E-state index in [1.807, 2.05) is 13.8 Å². The van der Waals surface area contributed by atoms with Crippen molar-refractivity contribution in [3.05, 3.63) is 11.4 Å². The first-order chi connectivity index (χ1) is 8.15. The van der Waals surface area contributed by atoms with Gasteiger partial charge < -0.3 is 4.98 Å². The molecule has 2 N–H and O–H groups in total. The summed E-state index contributed by atoms with van der Waals surface area (Å²) in [5.74, 6) is -0.0936. The number of rotatable bonds is 4. The molecule has 1 rings (SSSR count). The summed E-state index contributed by atoms with van der Waals surface area (Å²) in [7, 11) is 0. The third-order valence-corrected chi connectivity index (χ3v) is 2.52. The van der Waals surface area contributed by atoms with Gasteiger partial charge in [0.05, 0.1) is 0 Å². The monoisotopic (exact) mass is 231 g/mol. The highest BCUT2D eigenvalue weighted by atomic mass is 16.2. The second-order valence-corrected chi connectivity index (χ2v) is 3.54. The Bertz CT molecular complexity index is 455. The number of nitrogens with one attached hydrogen (secondary N) is 2. The molecule has 0 unspecified atom stereocenters. The number of imidazole rings is 1. The molecule has 6 nitrogen and oxygen atoms in total. The maximum Gasteiger partial charge on any atom is 0.229 e. The SMILES string of the molecule is CCC(CC)C(=O)Nc1nc(C#N)c(C#N)[nH]1. The van der Waals surface area contributed by atoms with E-state index < -0.39 is 0 Å². The van der Waals surface area contributed by atoms with Crippen LogP contribution in [0.5, 0.6) is 0 Å². The Kier molecular flexibility index (Phi) is 4.24. The highest BCUT2D eigenvalue weighted by Crippen LogP contribution is 2.12. The van der Waals surface area contributed by atoms with Crippen LogP contribution >= 0.6 is 0 Å². The predicted octanol–water partition coefficient (Wildman–Crippen LogP) is 1.53. The largest absolute Gasteiger partial charge is 0.314 e. The summed E-state index contributed by atoms with van der Waals surface area (Å²) in [6.45, 7) is 3.86. The number of carbonyl (C=O) groups excluding carboxylic acids is 1. The van der Waals surface area contributed by atoms with E-state index in [1.165, 1.54) is 0 Å². The van der Waals surface area contributed by atoms with Crippen molar-refractivity contribution in [1.29, 1.82) is 10.5 Å². The molecular formula is C11H13N5O. The van der Waals surface area contributed by atoms with Crippen molar-refractivity contribution >= 4 is 11.9 Å². The second kappa shape index (κ2) is 5.66. The van der Waals surface area contributed by atoms with Gasteiger partial charge in [-0.2, -0.15) is 10.5 Å². The molecule has 0 atom stereocenters. The summed E-state index contributed by atoms with van der Waals surface area (Å²) < 4.78 is 0. The number of aromatic nitrogens is 2. The van der Waals surface area contributed by atoms with Crippen LogP contribution in [0.3, 0.4) is 0 Å². The highest BCUT2D eigenvalue weighted by molar-refractivity contribution is 5.91. The number of anilines is 1. The molecule has 1 heterocycles. The maximum atomic E-state index is 11.7. The first-order valence-electron chi connectivity index (χ1n) is 5.37. The zero-order valence-electron chi connectivity index (χ0n) is 9.74. The lowest BCUT2D eigenvalue weighted by atomic mass is 10.0. The lowest BCUT2D eigenvalue weighted by Gasteiger charge is -2.10. The standard InChI is InChI=1S/C11H13N5O/c1-3-7(4-2)10(17)16-11-14-8(5-12)9(6-13)15-11/h7H,3-4H2,1-2H3,(H2,14,15,16,17). The van der Waals surface area contributed by atoms with Crippen molar-refractivity contribution in [1.82, 2.24) is 9.97 Å². The summed E-state index contributed by atoms with van der Waals surface area (Å²) in [5.41, 5.74) is 0.0553. The Hall–Kier alpha value is -2.34. The van der Waals surface area contributed by atoms with Gasteiger partial charge in [-0.15, -0.1) is 0 Å². The van der Waals surface area contributed by atoms with E-state index in [9.17, 15) is 4.79 Å². The fourth-order valence-corrected chi connectivity index (χ4v) is 1.47. The molecule has 0 fully saturated rings. The van der Waals surface area contributed by atoms with Gasteiger partial charge in [-0.05, 0) is 12.8 Å². The average Bonchev–Trinajstić information content (AvgIpc) is 2.72. The topological polar surface area (TPSA) is 105 Å². The first-order valence-corrected chi connectivity index (χ1v) is 5.37. The fraction of sp³-hybridized carbons (Fsp3) is 0.455. The van der Waals surface area contributed by atoms with E-state index in [0.717, 1.165) is 12.8 Å². The van der Waals surface area contributed by atoms with Crippen LogP contribution in [-0.4, -0.2) is 15.9 Å². The Morgan fingerprint density at radius 1 is 1.41 bits per heavy atom. The van der Waals surface area contributed by atoms with Crippen molar-refractivity contribution in [3.8, 4) is 12.1 Å². The summed E-state index contributed by atoms with van der Waals surface area (Å²) in [5, 5.41) is 20.0. The Balaban J connectivity index is 2.83. The van der Waals surface area contributed by atoms with Gasteiger partial charge >= 0.3 is 0 Å². The molecule has 0 saturated heterocycles. The molecule has 0 aliphatic carbocycles. The van der Waals surface area contributed by atoms with Gasteiger partial charge in [0.1, 0.15) is 12.1 Å². The van der Waals surface area contributed by atoms with Crippen molar-refractivity contribution in [2.24, 2.45) is 5.92 Å². The van der Waals surface area contributed by atoms with Crippen LogP contribution in [0.2, 0.25) is 0 Å². The van der Waals surface area contributed by atoms with Gasteiger partial charge in [0.15, 0.2) is 11.4 Å². The zero-order valence-corrected chi connectivity index (χ0v) is 9.74. The van der Waals surface area contributed by atoms with E-state index in [0.29, 0.717) is 0 Å². The van der Waals surface area contributed by atoms with E-state index in [4.69, 9.17) is 10.5 Å². The fourth-order valence-electron chi connectivity index (χ4n) is 1.47. The lowest BCUT2D eigenvalue weighted by Crippen LogP contribution is -2.22. The predicted molar refractivity (Wildman–Crippen MR) is 60.7 cm³/mol. The van der Waals surface area contributed by atoms with Crippen LogP contribution in [0.1, 0.15) is 38.1 Å². The normalized spacial score (nSPS) is 9.71. The molecule has 88 valence electrons. The minimum absolute atomic E-state index is 0.00709. The number of amides is 1. The van der Waals surface area contributed by atoms with Crippen LogP contribution in [0.4, 0.5) is 5.95 Å². The van der Waals surface area contributed by atoms with Gasteiger partial charge in [0.2, 0.25) is 11.9 Å². The highest BCUT2D eigenvalue weighted by Gasteiger charge is 2.17. The van der Waals surface area contributed by atoms with Crippen molar-refractivity contribution in [2.75, 3.05) is 5.32 Å². The number of nitriles is 2. The smallest absolute Gasteiger partial charge is 0.229 e. The summed E-state index contributed by atoms with van der Waals surface area (Å²) in [6, 6.07) is 3.59. The van der Waals surface area contributed by atoms with E-state index in [-0.39, 0.29) is 29.2 Å². The second-order valence-electron chi connectivity index (χ2n) is 3.54. The van der Waals surface area contributed by atoms with Gasteiger partial charge in [-0.25, -0.2) is 4.98 Å². The van der Waals surface area contributed by atoms with Crippen molar-refractivity contribution < 1.29 is 4.79 Å². The minimum Gasteiger partial charge on any atom is -0.314 e. The Morgan fingerprint density at radius 2 is 2.06 bits per heavy atom. The molecule has 1 aromatic heterocycles. The van der Waals surface area contributed by atoms with Crippen molar-refractivity contribution in [2.45, 2.75) is 26.7 Å². The molecule has 0 spiro atoms. The van der Waals surface area contributed by atoms with E-state index in [2.05, 4.69) is 15.3 Å². The average molecular weight is 231 g/mol. The number of hydrogen-bond acceptors (Lipinski definition) is 4. The number of H-pyrrole nitrogens is 1. The van der Waals surface area contributed by atoms with Crippen LogP contribution in [0.25, 0.3) is 0 Å². The molecule has 0 aliphatic rings. The van der Waals surface area contributed by atoms with E-state index >= 15 is 0 Å². The molecule has 0 bridgehead atoms. The molecule has 17 heavy (non-hydrogen) atoms. The Morgan fingerprint density at radius 3 is 2.47 bits per heavy atom. The molecule has 0 aromatic carbocycles. The van der Waals surface area contributed by atoms with Crippen LogP contribution in [-0.2, 0) is 4.79 Å². The molecule has 0 aliphatic heterocycles. The quantitative estimate of drug-likeness (QED) is 0.819. The maximum absolute atomic E-state index is 11.7. The molecule has 0 saturated carbocycles. The number of hydrogen-bond donors (Lipinski definition) is 2. The molecule has 0 radical (unpaired) electrons. The van der Waals surface area contributed by atoms with Gasteiger partial charge in [-0.3, -0.25) is 10.1 Å². The minimum atomic E-state index is -0.155. The van der Waals surface area contributed by atoms with Gasteiger partial charge in [-0.1, -0.05) is 13.8 Å². The number of aromatic amines is 1. The van der Waals surface area contributed by atoms with Crippen LogP contribution < -0.4 is 5.32 Å². The summed E-state index contributed by atoms with van der Waals surface area (Å²) in [6.07, 6.45) is 1.47. The molecular weight excluding hydrogens is 218 g/mol. The van der Waals surface area contributed by atoms with Gasteiger partial charge in [0.25, 0.3) is 0 Å². The van der Waals surface area contributed by atoms with Crippen LogP contribution in [0.15, 0.2) is 0 Å². The molecule has 1 amide bonds. The number of carbonyl (C=O) groups is 1. The molecule has 1 aromatic rings. The summed E-state index contributed by atoms with van der Waals surface area (Å²) in [4.78, 5) is 18.1. The summed E-state index contributed by atoms with van der Waals surface area (Å²) >= 11 is 0. The van der Waals surface area contributed by atoms with Crippen LogP contribution in [0, 0.1) is 28.6 Å². The lowest BCUT2D eigenvalue weighted by molar-refractivity contribution is -0.120. The van der Waals surface area contributed by atoms with Gasteiger partial charge in [0, 0.05) is 5.92 Å². The molecule has 6 heteroatoms. The number of nitrogens with zero attached hydrogens (tertiary/aromatic N) is 3. The van der Waals surface area contributed by atoms with Crippen molar-refractivity contribution in [3.63, 3.8) is 0 Å².